The number of hydrogen-bond acceptors (Lipinski definition) is 2. The van der Waals surface area contributed by atoms with Crippen molar-refractivity contribution in [3.8, 4) is 0 Å². The largest absolute Gasteiger partial charge is 0.481 e. The summed E-state index contributed by atoms with van der Waals surface area (Å²) in [5.41, 5.74) is 2.79. The molecule has 2 atom stereocenters. The molecule has 0 radical (unpaired) electrons. The molecule has 4 rings (SSSR count). The molecule has 1 amide bonds. The molecule has 2 aromatic carbocycles. The van der Waals surface area contributed by atoms with E-state index in [1.54, 1.807) is 0 Å². The van der Waals surface area contributed by atoms with Crippen LogP contribution in [0.5, 0.6) is 0 Å². The van der Waals surface area contributed by atoms with E-state index in [4.69, 9.17) is 5.11 Å². The van der Waals surface area contributed by atoms with E-state index >= 15 is 0 Å². The molecule has 28 heavy (non-hydrogen) atoms. The number of benzene rings is 2. The lowest BCUT2D eigenvalue weighted by Gasteiger charge is -2.24. The Kier molecular flexibility index (Phi) is 4.65. The van der Waals surface area contributed by atoms with E-state index in [0.29, 0.717) is 5.56 Å². The summed E-state index contributed by atoms with van der Waals surface area (Å²) in [5.74, 6) is -3.22. The number of fused-ring (bicyclic) bond motifs is 2. The average molecular weight is 385 g/mol. The van der Waals surface area contributed by atoms with Gasteiger partial charge in [0, 0.05) is 24.4 Å². The topological polar surface area (TPSA) is 57.6 Å². The molecule has 2 aliphatic carbocycles. The minimum atomic E-state index is -1.00. The normalized spacial score (nSPS) is 22.1. The fraction of sp³-hybridized carbons (Fsp3) is 0.364. The van der Waals surface area contributed by atoms with Crippen molar-refractivity contribution in [1.82, 2.24) is 4.90 Å². The maximum atomic E-state index is 13.5. The lowest BCUT2D eigenvalue weighted by Crippen LogP contribution is -2.35. The number of nitrogens with zero attached hydrogens (tertiary/aromatic N) is 1. The van der Waals surface area contributed by atoms with E-state index in [1.165, 1.54) is 22.1 Å². The fourth-order valence-corrected chi connectivity index (χ4v) is 4.50. The van der Waals surface area contributed by atoms with Gasteiger partial charge in [0.1, 0.15) is 0 Å². The summed E-state index contributed by atoms with van der Waals surface area (Å²) in [5, 5.41) is 9.03. The molecule has 0 heterocycles. The van der Waals surface area contributed by atoms with Crippen LogP contribution in [0.15, 0.2) is 42.5 Å². The molecule has 146 valence electrons. The van der Waals surface area contributed by atoms with Crippen LogP contribution in [-0.4, -0.2) is 28.4 Å². The molecule has 0 aromatic heterocycles. The third kappa shape index (κ3) is 3.28. The Hall–Kier alpha value is -2.76. The highest BCUT2D eigenvalue weighted by Gasteiger charge is 2.62. The van der Waals surface area contributed by atoms with Crippen LogP contribution < -0.4 is 0 Å². The lowest BCUT2D eigenvalue weighted by molar-refractivity contribution is -0.139. The summed E-state index contributed by atoms with van der Waals surface area (Å²) in [6, 6.07) is 11.7. The highest BCUT2D eigenvalue weighted by Crippen LogP contribution is 2.62. The zero-order valence-electron chi connectivity index (χ0n) is 15.3. The SMILES string of the molecule is O=C(O)CCN(Cc1ccc(F)c(F)c1)C(=O)C1CC12CCc1ccccc12. The number of aryl methyl sites for hydroxylation is 1. The number of hydrogen-bond donors (Lipinski definition) is 1. The number of aliphatic carboxylic acids is 1. The maximum absolute atomic E-state index is 13.5. The zero-order valence-corrected chi connectivity index (χ0v) is 15.3. The number of carbonyl (C=O) groups excluding carboxylic acids is 1. The number of rotatable bonds is 6. The molecule has 0 aliphatic heterocycles. The molecule has 1 N–H and O–H groups in total. The Morgan fingerprint density at radius 1 is 1.14 bits per heavy atom. The first-order chi connectivity index (χ1) is 13.4. The van der Waals surface area contributed by atoms with Crippen molar-refractivity contribution in [2.75, 3.05) is 6.54 Å². The molecule has 1 spiro atoms. The van der Waals surface area contributed by atoms with E-state index in [2.05, 4.69) is 12.1 Å². The summed E-state index contributed by atoms with van der Waals surface area (Å²) >= 11 is 0. The summed E-state index contributed by atoms with van der Waals surface area (Å²) < 4.78 is 26.7. The predicted molar refractivity (Wildman–Crippen MR) is 98.6 cm³/mol. The summed E-state index contributed by atoms with van der Waals surface area (Å²) in [7, 11) is 0. The van der Waals surface area contributed by atoms with E-state index in [0.717, 1.165) is 31.4 Å². The van der Waals surface area contributed by atoms with Crippen LogP contribution in [0.3, 0.4) is 0 Å². The molecule has 2 unspecified atom stereocenters. The van der Waals surface area contributed by atoms with Crippen LogP contribution in [0.25, 0.3) is 0 Å². The molecule has 1 saturated carbocycles. The van der Waals surface area contributed by atoms with Gasteiger partial charge in [-0.05, 0) is 48.1 Å². The molecule has 4 nitrogen and oxygen atoms in total. The quantitative estimate of drug-likeness (QED) is 0.825. The molecule has 2 aromatic rings. The van der Waals surface area contributed by atoms with Gasteiger partial charge in [-0.2, -0.15) is 0 Å². The van der Waals surface area contributed by atoms with Crippen molar-refractivity contribution in [1.29, 1.82) is 0 Å². The van der Waals surface area contributed by atoms with Gasteiger partial charge in [0.25, 0.3) is 0 Å². The van der Waals surface area contributed by atoms with Crippen LogP contribution in [0.1, 0.15) is 36.0 Å². The standard InChI is InChI=1S/C22H21F2NO3/c23-18-6-5-14(11-19(18)24)13-25(10-8-20(26)27)21(28)17-12-22(17)9-7-15-3-1-2-4-16(15)22/h1-6,11,17H,7-10,12-13H2,(H,26,27). The first kappa shape index (κ1) is 18.6. The third-order valence-electron chi connectivity index (χ3n) is 6.03. The molecule has 0 saturated heterocycles. The Bertz CT molecular complexity index is 945. The molecular formula is C22H21F2NO3. The second-order valence-electron chi connectivity index (χ2n) is 7.72. The van der Waals surface area contributed by atoms with Crippen LogP contribution in [0, 0.1) is 17.6 Å². The summed E-state index contributed by atoms with van der Waals surface area (Å²) in [6.45, 7) is 0.110. The van der Waals surface area contributed by atoms with Crippen LogP contribution in [0.4, 0.5) is 8.78 Å². The summed E-state index contributed by atoms with van der Waals surface area (Å²) in [6.07, 6.45) is 2.43. The van der Waals surface area contributed by atoms with E-state index in [9.17, 15) is 18.4 Å². The van der Waals surface area contributed by atoms with Gasteiger partial charge in [-0.3, -0.25) is 9.59 Å². The van der Waals surface area contributed by atoms with Gasteiger partial charge in [0.2, 0.25) is 5.91 Å². The van der Waals surface area contributed by atoms with Crippen LogP contribution in [0.2, 0.25) is 0 Å². The van der Waals surface area contributed by atoms with Crippen molar-refractivity contribution in [3.63, 3.8) is 0 Å². The average Bonchev–Trinajstić information content (AvgIpc) is 3.29. The highest BCUT2D eigenvalue weighted by atomic mass is 19.2. The fourth-order valence-electron chi connectivity index (χ4n) is 4.50. The minimum Gasteiger partial charge on any atom is -0.481 e. The monoisotopic (exact) mass is 385 g/mol. The van der Waals surface area contributed by atoms with Gasteiger partial charge < -0.3 is 10.0 Å². The van der Waals surface area contributed by atoms with E-state index in [1.807, 2.05) is 12.1 Å². The van der Waals surface area contributed by atoms with E-state index < -0.39 is 17.6 Å². The van der Waals surface area contributed by atoms with Gasteiger partial charge in [0.05, 0.1) is 6.42 Å². The van der Waals surface area contributed by atoms with Gasteiger partial charge in [-0.15, -0.1) is 0 Å². The van der Waals surface area contributed by atoms with Crippen molar-refractivity contribution >= 4 is 11.9 Å². The lowest BCUT2D eigenvalue weighted by atomic mass is 9.95. The Morgan fingerprint density at radius 3 is 2.68 bits per heavy atom. The second-order valence-corrected chi connectivity index (χ2v) is 7.72. The molecule has 1 fully saturated rings. The number of carbonyl (C=O) groups is 2. The van der Waals surface area contributed by atoms with Gasteiger partial charge in [0.15, 0.2) is 11.6 Å². The van der Waals surface area contributed by atoms with Crippen LogP contribution in [-0.2, 0) is 28.0 Å². The Labute approximate surface area is 161 Å². The number of amides is 1. The Balaban J connectivity index is 1.54. The third-order valence-corrected chi connectivity index (χ3v) is 6.03. The Morgan fingerprint density at radius 2 is 1.93 bits per heavy atom. The zero-order chi connectivity index (χ0) is 19.9. The molecule has 6 heteroatoms. The smallest absolute Gasteiger partial charge is 0.305 e. The van der Waals surface area contributed by atoms with E-state index in [-0.39, 0.29) is 36.8 Å². The number of halogens is 2. The van der Waals surface area contributed by atoms with Gasteiger partial charge in [-0.25, -0.2) is 8.78 Å². The van der Waals surface area contributed by atoms with Crippen molar-refractivity contribution in [3.05, 3.63) is 70.8 Å². The second kappa shape index (κ2) is 7.00. The van der Waals surface area contributed by atoms with Crippen molar-refractivity contribution < 1.29 is 23.5 Å². The molecule has 0 bridgehead atoms. The van der Waals surface area contributed by atoms with Gasteiger partial charge in [-0.1, -0.05) is 30.3 Å². The predicted octanol–water partition coefficient (Wildman–Crippen LogP) is 3.67. The summed E-state index contributed by atoms with van der Waals surface area (Å²) in [4.78, 5) is 25.7. The first-order valence-corrected chi connectivity index (χ1v) is 9.43. The minimum absolute atomic E-state index is 0.0430. The highest BCUT2D eigenvalue weighted by molar-refractivity contribution is 5.85. The van der Waals surface area contributed by atoms with Crippen molar-refractivity contribution in [2.45, 2.75) is 37.6 Å². The van der Waals surface area contributed by atoms with Gasteiger partial charge >= 0.3 is 5.97 Å². The number of carboxylic acids is 1. The molecular weight excluding hydrogens is 364 g/mol. The van der Waals surface area contributed by atoms with Crippen LogP contribution >= 0.6 is 0 Å². The number of carboxylic acid groups (broad SMARTS) is 1. The van der Waals surface area contributed by atoms with Crippen molar-refractivity contribution in [2.24, 2.45) is 5.92 Å². The maximum Gasteiger partial charge on any atom is 0.305 e. The molecule has 2 aliphatic rings. The first-order valence-electron chi connectivity index (χ1n) is 9.43.